The van der Waals surface area contributed by atoms with Crippen LogP contribution in [0.4, 0.5) is 5.00 Å². The van der Waals surface area contributed by atoms with Gasteiger partial charge in [-0.1, -0.05) is 12.1 Å². The van der Waals surface area contributed by atoms with Crippen molar-refractivity contribution in [3.63, 3.8) is 0 Å². The highest BCUT2D eigenvalue weighted by molar-refractivity contribution is 14.0. The van der Waals surface area contributed by atoms with Gasteiger partial charge in [0.1, 0.15) is 5.75 Å². The molecule has 1 saturated heterocycles. The number of nitrogens with one attached hydrogen (secondary N) is 2. The van der Waals surface area contributed by atoms with Gasteiger partial charge in [-0.2, -0.15) is 0 Å². The lowest BCUT2D eigenvalue weighted by Gasteiger charge is -2.33. The van der Waals surface area contributed by atoms with Gasteiger partial charge in [-0.05, 0) is 67.8 Å². The summed E-state index contributed by atoms with van der Waals surface area (Å²) in [6, 6.07) is 8.78. The molecule has 1 aliphatic heterocycles. The second-order valence-electron chi connectivity index (χ2n) is 7.13. The molecular weight excluding hydrogens is 483 g/mol. The van der Waals surface area contributed by atoms with E-state index in [1.807, 2.05) is 37.3 Å². The summed E-state index contributed by atoms with van der Waals surface area (Å²) in [7, 11) is 0. The Labute approximate surface area is 189 Å². The first-order chi connectivity index (χ1) is 13.1. The van der Waals surface area contributed by atoms with Gasteiger partial charge >= 0.3 is 0 Å². The Morgan fingerprint density at radius 3 is 2.50 bits per heavy atom. The van der Waals surface area contributed by atoms with E-state index in [1.54, 1.807) is 0 Å². The molecule has 2 aromatic rings. The number of phenolic OH excluding ortho intramolecular Hbond substituents is 1. The van der Waals surface area contributed by atoms with E-state index < -0.39 is 0 Å². The standard InChI is InChI=1S/C21H30N4OS.HI/c1-4-22-21(23-14-17-12-15(2)20(26)16(3)13-17)24-18-7-9-25(10-8-18)19-6-5-11-27-19;/h5-6,11-13,18,26H,4,7-10,14H2,1-3H3,(H2,22,23,24);1H. The maximum absolute atomic E-state index is 9.93. The van der Waals surface area contributed by atoms with Gasteiger partial charge in [0.25, 0.3) is 0 Å². The molecule has 1 aromatic carbocycles. The molecule has 0 spiro atoms. The highest BCUT2D eigenvalue weighted by atomic mass is 127. The van der Waals surface area contributed by atoms with Crippen molar-refractivity contribution in [1.29, 1.82) is 0 Å². The maximum Gasteiger partial charge on any atom is 0.191 e. The van der Waals surface area contributed by atoms with Crippen molar-refractivity contribution in [2.24, 2.45) is 4.99 Å². The summed E-state index contributed by atoms with van der Waals surface area (Å²) in [6.45, 7) is 9.55. The van der Waals surface area contributed by atoms with Crippen LogP contribution < -0.4 is 15.5 Å². The minimum atomic E-state index is 0. The average molecular weight is 514 g/mol. The van der Waals surface area contributed by atoms with E-state index in [4.69, 9.17) is 4.99 Å². The zero-order valence-electron chi connectivity index (χ0n) is 16.9. The topological polar surface area (TPSA) is 59.9 Å². The zero-order valence-corrected chi connectivity index (χ0v) is 20.0. The van der Waals surface area contributed by atoms with Crippen molar-refractivity contribution in [1.82, 2.24) is 10.6 Å². The number of piperidine rings is 1. The summed E-state index contributed by atoms with van der Waals surface area (Å²) in [4.78, 5) is 7.23. The number of thiophene rings is 1. The molecule has 2 heterocycles. The van der Waals surface area contributed by atoms with E-state index in [0.29, 0.717) is 18.3 Å². The van der Waals surface area contributed by atoms with Crippen molar-refractivity contribution < 1.29 is 5.11 Å². The molecule has 1 fully saturated rings. The largest absolute Gasteiger partial charge is 0.507 e. The fourth-order valence-corrected chi connectivity index (χ4v) is 4.30. The highest BCUT2D eigenvalue weighted by Crippen LogP contribution is 2.25. The molecule has 5 nitrogen and oxygen atoms in total. The number of guanidine groups is 1. The Bertz CT molecular complexity index is 748. The Balaban J connectivity index is 0.00000280. The molecule has 1 aromatic heterocycles. The fraction of sp³-hybridized carbons (Fsp3) is 0.476. The number of hydrogen-bond donors (Lipinski definition) is 3. The number of anilines is 1. The number of aliphatic imine (C=N–C) groups is 1. The Hall–Kier alpha value is -1.48. The number of halogens is 1. The SMILES string of the molecule is CCNC(=NCc1cc(C)c(O)c(C)c1)NC1CCN(c2cccs2)CC1.I. The van der Waals surface area contributed by atoms with Gasteiger partial charge in [-0.3, -0.25) is 0 Å². The molecular formula is C21H31IN4OS. The van der Waals surface area contributed by atoms with Crippen molar-refractivity contribution in [3.8, 4) is 5.75 Å². The summed E-state index contributed by atoms with van der Waals surface area (Å²) in [5.74, 6) is 1.25. The van der Waals surface area contributed by atoms with Gasteiger partial charge in [-0.15, -0.1) is 35.3 Å². The summed E-state index contributed by atoms with van der Waals surface area (Å²) < 4.78 is 0. The van der Waals surface area contributed by atoms with Crippen LogP contribution in [0.25, 0.3) is 0 Å². The fourth-order valence-electron chi connectivity index (χ4n) is 3.51. The van der Waals surface area contributed by atoms with Crippen LogP contribution in [0.15, 0.2) is 34.6 Å². The minimum absolute atomic E-state index is 0. The molecule has 28 heavy (non-hydrogen) atoms. The van der Waals surface area contributed by atoms with E-state index in [0.717, 1.165) is 55.1 Å². The number of aryl methyl sites for hydroxylation is 2. The maximum atomic E-state index is 9.93. The molecule has 0 radical (unpaired) electrons. The first-order valence-corrected chi connectivity index (χ1v) is 10.6. The summed E-state index contributed by atoms with van der Waals surface area (Å²) in [6.07, 6.45) is 2.22. The van der Waals surface area contributed by atoms with E-state index in [9.17, 15) is 5.11 Å². The monoisotopic (exact) mass is 514 g/mol. The predicted octanol–water partition coefficient (Wildman–Crippen LogP) is 4.41. The van der Waals surface area contributed by atoms with Crippen LogP contribution in [-0.4, -0.2) is 36.7 Å². The predicted molar refractivity (Wildman–Crippen MR) is 131 cm³/mol. The second-order valence-corrected chi connectivity index (χ2v) is 8.06. The van der Waals surface area contributed by atoms with Gasteiger partial charge in [0.2, 0.25) is 0 Å². The molecule has 1 aliphatic rings. The van der Waals surface area contributed by atoms with E-state index in [1.165, 1.54) is 5.00 Å². The van der Waals surface area contributed by atoms with Crippen LogP contribution in [0.3, 0.4) is 0 Å². The van der Waals surface area contributed by atoms with Crippen molar-refractivity contribution in [2.75, 3.05) is 24.5 Å². The Morgan fingerprint density at radius 1 is 1.25 bits per heavy atom. The molecule has 0 unspecified atom stereocenters. The van der Waals surface area contributed by atoms with Crippen molar-refractivity contribution in [2.45, 2.75) is 46.2 Å². The van der Waals surface area contributed by atoms with Crippen LogP contribution in [0, 0.1) is 13.8 Å². The van der Waals surface area contributed by atoms with E-state index in [2.05, 4.69) is 40.0 Å². The Kier molecular flexibility index (Phi) is 8.88. The third-order valence-electron chi connectivity index (χ3n) is 4.97. The first kappa shape index (κ1) is 22.8. The molecule has 7 heteroatoms. The van der Waals surface area contributed by atoms with Gasteiger partial charge in [0.05, 0.1) is 11.5 Å². The van der Waals surface area contributed by atoms with Crippen LogP contribution in [0.1, 0.15) is 36.5 Å². The summed E-state index contributed by atoms with van der Waals surface area (Å²) in [5, 5.41) is 20.4. The number of nitrogens with zero attached hydrogens (tertiary/aromatic N) is 2. The van der Waals surface area contributed by atoms with Crippen LogP contribution in [0.2, 0.25) is 0 Å². The number of phenols is 1. The van der Waals surface area contributed by atoms with Gasteiger partial charge in [0.15, 0.2) is 5.96 Å². The van der Waals surface area contributed by atoms with Gasteiger partial charge in [-0.25, -0.2) is 4.99 Å². The van der Waals surface area contributed by atoms with Crippen molar-refractivity contribution in [3.05, 3.63) is 46.3 Å². The minimum Gasteiger partial charge on any atom is -0.507 e. The Morgan fingerprint density at radius 2 is 1.93 bits per heavy atom. The lowest BCUT2D eigenvalue weighted by Crippen LogP contribution is -2.48. The smallest absolute Gasteiger partial charge is 0.191 e. The molecule has 0 amide bonds. The normalized spacial score (nSPS) is 15.2. The quantitative estimate of drug-likeness (QED) is 0.314. The molecule has 0 bridgehead atoms. The third-order valence-corrected chi connectivity index (χ3v) is 5.90. The van der Waals surface area contributed by atoms with Gasteiger partial charge < -0.3 is 20.6 Å². The van der Waals surface area contributed by atoms with Crippen molar-refractivity contribution >= 4 is 46.3 Å². The zero-order chi connectivity index (χ0) is 19.2. The number of benzene rings is 1. The molecule has 154 valence electrons. The molecule has 3 rings (SSSR count). The van der Waals surface area contributed by atoms with Crippen LogP contribution in [-0.2, 0) is 6.54 Å². The lowest BCUT2D eigenvalue weighted by atomic mass is 10.1. The lowest BCUT2D eigenvalue weighted by molar-refractivity contribution is 0.462. The number of aromatic hydroxyl groups is 1. The van der Waals surface area contributed by atoms with E-state index >= 15 is 0 Å². The summed E-state index contributed by atoms with van der Waals surface area (Å²) >= 11 is 1.81. The molecule has 0 aliphatic carbocycles. The third kappa shape index (κ3) is 6.01. The van der Waals surface area contributed by atoms with Crippen LogP contribution >= 0.6 is 35.3 Å². The summed E-state index contributed by atoms with van der Waals surface area (Å²) in [5.41, 5.74) is 2.92. The molecule has 0 saturated carbocycles. The highest BCUT2D eigenvalue weighted by Gasteiger charge is 2.20. The molecule has 3 N–H and O–H groups in total. The van der Waals surface area contributed by atoms with Gasteiger partial charge in [0, 0.05) is 25.7 Å². The average Bonchev–Trinajstić information content (AvgIpc) is 3.19. The van der Waals surface area contributed by atoms with Crippen LogP contribution in [0.5, 0.6) is 5.75 Å². The van der Waals surface area contributed by atoms with E-state index in [-0.39, 0.29) is 24.0 Å². The number of rotatable bonds is 5. The first-order valence-electron chi connectivity index (χ1n) is 9.69. The number of hydrogen-bond acceptors (Lipinski definition) is 4. The molecule has 0 atom stereocenters. The second kappa shape index (κ2) is 10.9.